The van der Waals surface area contributed by atoms with Crippen LogP contribution >= 0.6 is 23.1 Å². The predicted molar refractivity (Wildman–Crippen MR) is 133 cm³/mol. The zero-order chi connectivity index (χ0) is 22.3. The Morgan fingerprint density at radius 1 is 1.16 bits per heavy atom. The number of H-pyrrole nitrogens is 1. The number of carbonyl (C=O) groups excluding carboxylic acids is 1. The van der Waals surface area contributed by atoms with E-state index in [1.54, 1.807) is 0 Å². The van der Waals surface area contributed by atoms with Gasteiger partial charge in [0.1, 0.15) is 10.7 Å². The minimum absolute atomic E-state index is 0.0942. The smallest absolute Gasteiger partial charge is 0.260 e. The molecule has 1 amide bonds. The first kappa shape index (κ1) is 21.9. The van der Waals surface area contributed by atoms with Gasteiger partial charge in [-0.15, -0.1) is 23.1 Å². The van der Waals surface area contributed by atoms with Crippen LogP contribution in [0.2, 0.25) is 0 Å². The topological polar surface area (TPSA) is 74.8 Å². The molecule has 0 aliphatic carbocycles. The summed E-state index contributed by atoms with van der Waals surface area (Å²) in [7, 11) is 0. The molecule has 0 saturated heterocycles. The van der Waals surface area contributed by atoms with Crippen LogP contribution in [0.1, 0.15) is 18.3 Å². The van der Waals surface area contributed by atoms with E-state index in [-0.39, 0.29) is 23.3 Å². The molecule has 32 heavy (non-hydrogen) atoms. The van der Waals surface area contributed by atoms with Crippen LogP contribution in [0.15, 0.2) is 70.8 Å². The number of fused-ring (bicyclic) bond motifs is 1. The lowest BCUT2D eigenvalue weighted by Gasteiger charge is -2.10. The van der Waals surface area contributed by atoms with Crippen molar-refractivity contribution in [2.24, 2.45) is 0 Å². The zero-order valence-corrected chi connectivity index (χ0v) is 19.1. The van der Waals surface area contributed by atoms with Crippen molar-refractivity contribution in [2.75, 3.05) is 6.54 Å². The zero-order valence-electron chi connectivity index (χ0n) is 17.4. The van der Waals surface area contributed by atoms with Gasteiger partial charge >= 0.3 is 0 Å². The van der Waals surface area contributed by atoms with Crippen LogP contribution in [0.3, 0.4) is 0 Å². The first-order valence-corrected chi connectivity index (χ1v) is 12.0. The number of amides is 1. The van der Waals surface area contributed by atoms with Crippen LogP contribution in [-0.4, -0.2) is 27.7 Å². The third-order valence-electron chi connectivity index (χ3n) is 4.77. The minimum Gasteiger partial charge on any atom is -0.344 e. The van der Waals surface area contributed by atoms with Gasteiger partial charge in [-0.1, -0.05) is 60.4 Å². The summed E-state index contributed by atoms with van der Waals surface area (Å²) in [5.74, 6) is 6.88. The van der Waals surface area contributed by atoms with Gasteiger partial charge in [0.05, 0.1) is 22.9 Å². The average molecular weight is 460 g/mol. The molecule has 5 nitrogen and oxygen atoms in total. The monoisotopic (exact) mass is 459 g/mol. The van der Waals surface area contributed by atoms with E-state index in [0.29, 0.717) is 21.8 Å². The van der Waals surface area contributed by atoms with Crippen LogP contribution in [0.25, 0.3) is 21.3 Å². The number of aromatic amines is 1. The average Bonchev–Trinajstić information content (AvgIpc) is 3.26. The molecule has 0 radical (unpaired) electrons. The van der Waals surface area contributed by atoms with Crippen molar-refractivity contribution in [1.29, 1.82) is 0 Å². The molecule has 0 bridgehead atoms. The minimum atomic E-state index is -0.294. The number of nitrogens with one attached hydrogen (secondary N) is 2. The molecule has 0 fully saturated rings. The summed E-state index contributed by atoms with van der Waals surface area (Å²) in [5, 5.41) is 5.11. The number of thiophene rings is 1. The van der Waals surface area contributed by atoms with Crippen molar-refractivity contribution in [3.05, 3.63) is 87.8 Å². The van der Waals surface area contributed by atoms with Gasteiger partial charge in [-0.2, -0.15) is 0 Å². The van der Waals surface area contributed by atoms with Gasteiger partial charge in [0.2, 0.25) is 5.91 Å². The second kappa shape index (κ2) is 10.3. The van der Waals surface area contributed by atoms with Gasteiger partial charge < -0.3 is 10.3 Å². The first-order chi connectivity index (χ1) is 15.6. The molecule has 1 unspecified atom stereocenters. The van der Waals surface area contributed by atoms with Crippen LogP contribution in [0.5, 0.6) is 0 Å². The van der Waals surface area contributed by atoms with Crippen molar-refractivity contribution in [3.8, 4) is 23.0 Å². The van der Waals surface area contributed by atoms with E-state index in [2.05, 4.69) is 27.1 Å². The lowest BCUT2D eigenvalue weighted by molar-refractivity contribution is -0.120. The number of rotatable bonds is 6. The maximum absolute atomic E-state index is 12.7. The van der Waals surface area contributed by atoms with E-state index in [0.717, 1.165) is 16.7 Å². The fourth-order valence-corrected chi connectivity index (χ4v) is 4.86. The molecular weight excluding hydrogens is 438 g/mol. The SMILES string of the molecule is CC(SCc1nc2scc(-c3ccccc3)c2c(=O)[nH]1)C(=O)NCC#Cc1ccccc1. The molecule has 2 aromatic carbocycles. The van der Waals surface area contributed by atoms with E-state index in [9.17, 15) is 9.59 Å². The second-order valence-electron chi connectivity index (χ2n) is 7.05. The molecule has 0 spiro atoms. The first-order valence-electron chi connectivity index (χ1n) is 10.1. The van der Waals surface area contributed by atoms with Crippen molar-refractivity contribution in [2.45, 2.75) is 17.9 Å². The number of hydrogen-bond donors (Lipinski definition) is 2. The van der Waals surface area contributed by atoms with Crippen LogP contribution in [0.4, 0.5) is 0 Å². The normalized spacial score (nSPS) is 11.5. The third-order valence-corrected chi connectivity index (χ3v) is 6.80. The maximum atomic E-state index is 12.7. The summed E-state index contributed by atoms with van der Waals surface area (Å²) in [6.07, 6.45) is 0. The third kappa shape index (κ3) is 5.28. The molecule has 2 N–H and O–H groups in total. The Kier molecular flexibility index (Phi) is 7.05. The highest BCUT2D eigenvalue weighted by Gasteiger charge is 2.16. The number of carbonyl (C=O) groups is 1. The number of hydrogen-bond acceptors (Lipinski definition) is 5. The number of thioether (sulfide) groups is 1. The summed E-state index contributed by atoms with van der Waals surface area (Å²) in [6.45, 7) is 2.12. The fourth-order valence-electron chi connectivity index (χ4n) is 3.11. The highest BCUT2D eigenvalue weighted by atomic mass is 32.2. The highest BCUT2D eigenvalue weighted by Crippen LogP contribution is 2.30. The number of aromatic nitrogens is 2. The summed E-state index contributed by atoms with van der Waals surface area (Å²) in [6, 6.07) is 19.4. The van der Waals surface area contributed by atoms with E-state index in [1.807, 2.05) is 73.0 Å². The van der Waals surface area contributed by atoms with E-state index < -0.39 is 0 Å². The van der Waals surface area contributed by atoms with Gasteiger partial charge in [-0.05, 0) is 24.6 Å². The highest BCUT2D eigenvalue weighted by molar-refractivity contribution is 7.99. The molecule has 0 aliphatic heterocycles. The molecule has 4 aromatic rings. The summed E-state index contributed by atoms with van der Waals surface area (Å²) < 4.78 is 0. The largest absolute Gasteiger partial charge is 0.344 e. The standard InChI is InChI=1S/C25H21N3O2S2/c1-17(23(29)26-14-8-11-18-9-4-2-5-10-18)31-16-21-27-24(30)22-20(15-32-25(22)28-21)19-12-6-3-7-13-19/h2-7,9-10,12-13,15,17H,14,16H2,1H3,(H,26,29)(H,27,28,30). The van der Waals surface area contributed by atoms with Gasteiger partial charge in [0, 0.05) is 16.5 Å². The van der Waals surface area contributed by atoms with E-state index in [4.69, 9.17) is 0 Å². The van der Waals surface area contributed by atoms with Crippen LogP contribution in [0, 0.1) is 11.8 Å². The van der Waals surface area contributed by atoms with Crippen LogP contribution in [-0.2, 0) is 10.5 Å². The molecular formula is C25H21N3O2S2. The molecule has 0 saturated carbocycles. The van der Waals surface area contributed by atoms with E-state index >= 15 is 0 Å². The van der Waals surface area contributed by atoms with Gasteiger partial charge in [0.15, 0.2) is 0 Å². The Hall–Kier alpha value is -3.34. The van der Waals surface area contributed by atoms with Crippen LogP contribution < -0.4 is 10.9 Å². The second-order valence-corrected chi connectivity index (χ2v) is 9.23. The molecule has 2 aromatic heterocycles. The lowest BCUT2D eigenvalue weighted by atomic mass is 10.1. The molecule has 7 heteroatoms. The summed E-state index contributed by atoms with van der Waals surface area (Å²) in [5.41, 5.74) is 2.65. The lowest BCUT2D eigenvalue weighted by Crippen LogP contribution is -2.31. The molecule has 2 heterocycles. The maximum Gasteiger partial charge on any atom is 0.260 e. The fraction of sp³-hybridized carbons (Fsp3) is 0.160. The molecule has 0 aliphatic rings. The molecule has 4 rings (SSSR count). The Labute approximate surface area is 194 Å². The predicted octanol–water partition coefficient (Wildman–Crippen LogP) is 4.44. The quantitative estimate of drug-likeness (QED) is 0.418. The number of benzene rings is 2. The summed E-state index contributed by atoms with van der Waals surface area (Å²) in [4.78, 5) is 33.2. The van der Waals surface area contributed by atoms with Crippen molar-refractivity contribution < 1.29 is 4.79 Å². The van der Waals surface area contributed by atoms with Crippen molar-refractivity contribution in [1.82, 2.24) is 15.3 Å². The van der Waals surface area contributed by atoms with Gasteiger partial charge in [0.25, 0.3) is 5.56 Å². The Balaban J connectivity index is 1.36. The van der Waals surface area contributed by atoms with Crippen molar-refractivity contribution in [3.63, 3.8) is 0 Å². The van der Waals surface area contributed by atoms with Gasteiger partial charge in [-0.3, -0.25) is 9.59 Å². The number of nitrogens with zero attached hydrogens (tertiary/aromatic N) is 1. The summed E-state index contributed by atoms with van der Waals surface area (Å²) >= 11 is 2.88. The molecule has 160 valence electrons. The van der Waals surface area contributed by atoms with E-state index in [1.165, 1.54) is 23.1 Å². The van der Waals surface area contributed by atoms with Crippen molar-refractivity contribution >= 4 is 39.2 Å². The van der Waals surface area contributed by atoms with Gasteiger partial charge in [-0.25, -0.2) is 4.98 Å². The Morgan fingerprint density at radius 3 is 2.62 bits per heavy atom. The molecule has 1 atom stereocenters. The Morgan fingerprint density at radius 2 is 1.88 bits per heavy atom. The Bertz CT molecular complexity index is 1340.